The summed E-state index contributed by atoms with van der Waals surface area (Å²) in [6.07, 6.45) is 2.74. The molecule has 1 saturated heterocycles. The highest BCUT2D eigenvalue weighted by molar-refractivity contribution is 7.89. The highest BCUT2D eigenvalue weighted by Gasteiger charge is 2.26. The van der Waals surface area contributed by atoms with E-state index in [1.165, 1.54) is 16.4 Å². The van der Waals surface area contributed by atoms with Gasteiger partial charge in [0, 0.05) is 31.8 Å². The molecular weight excluding hydrogens is 418 g/mol. The molecule has 2 aromatic carbocycles. The number of nitro benzene ring substituents is 1. The summed E-state index contributed by atoms with van der Waals surface area (Å²) < 4.78 is 27.1. The Morgan fingerprint density at radius 1 is 1.14 bits per heavy atom. The Labute approximate surface area is 173 Å². The van der Waals surface area contributed by atoms with E-state index in [9.17, 15) is 23.3 Å². The van der Waals surface area contributed by atoms with Crippen molar-refractivity contribution >= 4 is 33.2 Å². The molecule has 0 bridgehead atoms. The van der Waals surface area contributed by atoms with Gasteiger partial charge in [0.05, 0.1) is 20.4 Å². The molecule has 0 unspecified atom stereocenters. The number of nitrogens with one attached hydrogen (secondary N) is 1. The first-order chi connectivity index (χ1) is 13.8. The molecule has 2 aromatic rings. The second kappa shape index (κ2) is 8.89. The van der Waals surface area contributed by atoms with E-state index >= 15 is 0 Å². The molecule has 1 aliphatic rings. The van der Waals surface area contributed by atoms with Crippen LogP contribution in [0, 0.1) is 10.1 Å². The van der Waals surface area contributed by atoms with Gasteiger partial charge in [-0.25, -0.2) is 8.42 Å². The number of hydrogen-bond acceptors (Lipinski definition) is 5. The summed E-state index contributed by atoms with van der Waals surface area (Å²) >= 11 is 5.97. The number of piperidine rings is 1. The van der Waals surface area contributed by atoms with E-state index in [1.54, 1.807) is 24.3 Å². The first-order valence-electron chi connectivity index (χ1n) is 9.10. The van der Waals surface area contributed by atoms with Crippen LogP contribution in [-0.4, -0.2) is 36.6 Å². The third-order valence-corrected chi connectivity index (χ3v) is 6.92. The summed E-state index contributed by atoms with van der Waals surface area (Å²) in [6, 6.07) is 10.0. The van der Waals surface area contributed by atoms with Gasteiger partial charge in [0.1, 0.15) is 0 Å². The quantitative estimate of drug-likeness (QED) is 0.550. The molecule has 154 valence electrons. The van der Waals surface area contributed by atoms with Crippen LogP contribution in [0.4, 0.5) is 5.69 Å². The highest BCUT2D eigenvalue weighted by Crippen LogP contribution is 2.23. The van der Waals surface area contributed by atoms with Crippen molar-refractivity contribution in [2.45, 2.75) is 30.7 Å². The fraction of sp³-hybridized carbons (Fsp3) is 0.316. The van der Waals surface area contributed by atoms with E-state index in [0.717, 1.165) is 25.3 Å². The van der Waals surface area contributed by atoms with Gasteiger partial charge in [0.25, 0.3) is 11.6 Å². The largest absolute Gasteiger partial charge is 0.348 e. The SMILES string of the molecule is O=C(NCc1cccc(S(=O)(=O)N2CCCCC2)c1)c1ccc([N+](=O)[O-])cc1Cl. The lowest BCUT2D eigenvalue weighted by atomic mass is 10.1. The Balaban J connectivity index is 1.71. The van der Waals surface area contributed by atoms with Crippen molar-refractivity contribution in [1.29, 1.82) is 0 Å². The standard InChI is InChI=1S/C19H20ClN3O5S/c20-18-12-15(23(25)26)7-8-17(18)19(24)21-13-14-5-4-6-16(11-14)29(27,28)22-9-2-1-3-10-22/h4-8,11-12H,1-3,9-10,13H2,(H,21,24). The molecule has 8 nitrogen and oxygen atoms in total. The zero-order valence-electron chi connectivity index (χ0n) is 15.5. The van der Waals surface area contributed by atoms with Gasteiger partial charge >= 0.3 is 0 Å². The average Bonchev–Trinajstić information content (AvgIpc) is 2.72. The minimum Gasteiger partial charge on any atom is -0.348 e. The van der Waals surface area contributed by atoms with Crippen molar-refractivity contribution in [3.63, 3.8) is 0 Å². The molecule has 10 heteroatoms. The normalized spacial score (nSPS) is 15.1. The van der Waals surface area contributed by atoms with Crippen molar-refractivity contribution in [2.24, 2.45) is 0 Å². The maximum atomic E-state index is 12.8. The van der Waals surface area contributed by atoms with Crippen LogP contribution >= 0.6 is 11.6 Å². The van der Waals surface area contributed by atoms with Crippen molar-refractivity contribution in [2.75, 3.05) is 13.1 Å². The second-order valence-corrected chi connectivity index (χ2v) is 9.06. The van der Waals surface area contributed by atoms with E-state index in [4.69, 9.17) is 11.6 Å². The molecular formula is C19H20ClN3O5S. The number of halogens is 1. The Morgan fingerprint density at radius 3 is 2.52 bits per heavy atom. The minimum absolute atomic E-state index is 0.0295. The van der Waals surface area contributed by atoms with Gasteiger partial charge in [0.15, 0.2) is 0 Å². The summed E-state index contributed by atoms with van der Waals surface area (Å²) in [5.41, 5.74) is 0.519. The zero-order valence-corrected chi connectivity index (χ0v) is 17.1. The minimum atomic E-state index is -3.56. The molecule has 0 radical (unpaired) electrons. The zero-order chi connectivity index (χ0) is 21.0. The molecule has 0 aliphatic carbocycles. The Morgan fingerprint density at radius 2 is 1.86 bits per heavy atom. The highest BCUT2D eigenvalue weighted by atomic mass is 35.5. The van der Waals surface area contributed by atoms with Crippen LogP contribution in [0.15, 0.2) is 47.4 Å². The number of nitro groups is 1. The summed E-state index contributed by atoms with van der Waals surface area (Å²) in [5, 5.41) is 13.4. The third kappa shape index (κ3) is 4.92. The number of benzene rings is 2. The van der Waals surface area contributed by atoms with Gasteiger partial charge in [-0.1, -0.05) is 30.2 Å². The molecule has 1 heterocycles. The van der Waals surface area contributed by atoms with Crippen molar-refractivity contribution in [3.8, 4) is 0 Å². The average molecular weight is 438 g/mol. The Hall–Kier alpha value is -2.49. The van der Waals surface area contributed by atoms with Crippen LogP contribution in [0.3, 0.4) is 0 Å². The number of non-ortho nitro benzene ring substituents is 1. The van der Waals surface area contributed by atoms with E-state index in [-0.39, 0.29) is 27.7 Å². The summed E-state index contributed by atoms with van der Waals surface area (Å²) in [6.45, 7) is 1.12. The van der Waals surface area contributed by atoms with Crippen LogP contribution in [0.2, 0.25) is 5.02 Å². The summed E-state index contributed by atoms with van der Waals surface area (Å²) in [5.74, 6) is -0.505. The van der Waals surface area contributed by atoms with Gasteiger partial charge in [-0.3, -0.25) is 14.9 Å². The maximum Gasteiger partial charge on any atom is 0.270 e. The predicted octanol–water partition coefficient (Wildman–Crippen LogP) is 3.35. The number of rotatable bonds is 6. The Kier molecular flexibility index (Phi) is 6.51. The lowest BCUT2D eigenvalue weighted by molar-refractivity contribution is -0.384. The van der Waals surface area contributed by atoms with E-state index in [2.05, 4.69) is 5.32 Å². The van der Waals surface area contributed by atoms with Crippen LogP contribution in [0.5, 0.6) is 0 Å². The summed E-state index contributed by atoms with van der Waals surface area (Å²) in [4.78, 5) is 22.7. The maximum absolute atomic E-state index is 12.8. The van der Waals surface area contributed by atoms with Crippen molar-refractivity contribution in [1.82, 2.24) is 9.62 Å². The number of carbonyl (C=O) groups excluding carboxylic acids is 1. The summed E-state index contributed by atoms with van der Waals surface area (Å²) in [7, 11) is -3.56. The first kappa shape index (κ1) is 21.2. The molecule has 1 N–H and O–H groups in total. The molecule has 1 amide bonds. The van der Waals surface area contributed by atoms with Crippen LogP contribution in [-0.2, 0) is 16.6 Å². The molecule has 1 fully saturated rings. The first-order valence-corrected chi connectivity index (χ1v) is 10.9. The lowest BCUT2D eigenvalue weighted by Crippen LogP contribution is -2.35. The fourth-order valence-electron chi connectivity index (χ4n) is 3.15. The van der Waals surface area contributed by atoms with Gasteiger partial charge in [-0.15, -0.1) is 0 Å². The van der Waals surface area contributed by atoms with Gasteiger partial charge in [-0.2, -0.15) is 4.31 Å². The molecule has 0 saturated carbocycles. The molecule has 0 atom stereocenters. The number of carbonyl (C=O) groups is 1. The van der Waals surface area contributed by atoms with Crippen molar-refractivity contribution in [3.05, 3.63) is 68.7 Å². The number of nitrogens with zero attached hydrogens (tertiary/aromatic N) is 2. The van der Waals surface area contributed by atoms with E-state index < -0.39 is 20.9 Å². The van der Waals surface area contributed by atoms with Crippen LogP contribution in [0.25, 0.3) is 0 Å². The smallest absolute Gasteiger partial charge is 0.270 e. The van der Waals surface area contributed by atoms with Crippen molar-refractivity contribution < 1.29 is 18.1 Å². The van der Waals surface area contributed by atoms with Gasteiger partial charge < -0.3 is 5.32 Å². The third-order valence-electron chi connectivity index (χ3n) is 4.71. The number of hydrogen-bond donors (Lipinski definition) is 1. The molecule has 0 spiro atoms. The molecule has 29 heavy (non-hydrogen) atoms. The fourth-order valence-corrected chi connectivity index (χ4v) is 5.00. The molecule has 1 aliphatic heterocycles. The van der Waals surface area contributed by atoms with Crippen LogP contribution in [0.1, 0.15) is 35.2 Å². The predicted molar refractivity (Wildman–Crippen MR) is 108 cm³/mol. The van der Waals surface area contributed by atoms with Crippen LogP contribution < -0.4 is 5.32 Å². The molecule has 3 rings (SSSR count). The lowest BCUT2D eigenvalue weighted by Gasteiger charge is -2.26. The van der Waals surface area contributed by atoms with Gasteiger partial charge in [0.2, 0.25) is 10.0 Å². The van der Waals surface area contributed by atoms with E-state index in [1.807, 2.05) is 0 Å². The molecule has 0 aromatic heterocycles. The Bertz CT molecular complexity index is 1040. The number of amides is 1. The van der Waals surface area contributed by atoms with E-state index in [0.29, 0.717) is 18.7 Å². The van der Waals surface area contributed by atoms with Gasteiger partial charge in [-0.05, 0) is 36.6 Å². The monoisotopic (exact) mass is 437 g/mol. The topological polar surface area (TPSA) is 110 Å². The number of sulfonamides is 1. The second-order valence-electron chi connectivity index (χ2n) is 6.72.